The number of carboxylic acid groups (broad SMARTS) is 1. The zero-order valence-electron chi connectivity index (χ0n) is 18.2. The lowest BCUT2D eigenvalue weighted by Crippen LogP contribution is -2.34. The van der Waals surface area contributed by atoms with E-state index in [9.17, 15) is 50.1 Å². The molecule has 188 valence electrons. The van der Waals surface area contributed by atoms with Crippen molar-refractivity contribution in [1.82, 2.24) is 0 Å². The van der Waals surface area contributed by atoms with E-state index in [0.29, 0.717) is 0 Å². The maximum Gasteiger partial charge on any atom is 0.339 e. The standard InChI is InChI=1S/C22H20O11.H3OP/c1-6-12-9(4-10(25)13(6)22(31)32)17(26)15-16(18(12)27)19(28)14(20(29)21(15)30)11-3-7(24)2-8(5-23)33-11;1-2/h4,7-8,11,23-25,28-30H,2-3,5H2,1H3,(H,31,32);1H,2H2/t7-,8-,11?;/m0./s1. The Morgan fingerprint density at radius 3 is 2.17 bits per heavy atom. The number of hydrogen-bond acceptors (Lipinski definition) is 11. The molecule has 35 heavy (non-hydrogen) atoms. The van der Waals surface area contributed by atoms with Gasteiger partial charge in [-0.25, -0.2) is 4.79 Å². The molecule has 12 nitrogen and oxygen atoms in total. The number of aromatic hydroxyl groups is 4. The molecule has 2 aromatic carbocycles. The molecule has 2 aromatic rings. The van der Waals surface area contributed by atoms with Gasteiger partial charge in [0.15, 0.2) is 23.1 Å². The molecule has 13 heteroatoms. The van der Waals surface area contributed by atoms with E-state index in [4.69, 9.17) is 9.63 Å². The zero-order chi connectivity index (χ0) is 26.4. The third-order valence-corrected chi connectivity index (χ3v) is 6.06. The second-order valence-corrected chi connectivity index (χ2v) is 8.05. The molecule has 0 spiro atoms. The van der Waals surface area contributed by atoms with Crippen LogP contribution in [0.3, 0.4) is 0 Å². The highest BCUT2D eigenvalue weighted by molar-refractivity contribution is 7.08. The Kier molecular flexibility index (Phi) is 7.34. The van der Waals surface area contributed by atoms with Crippen LogP contribution in [0, 0.1) is 6.92 Å². The Morgan fingerprint density at radius 1 is 1.00 bits per heavy atom. The number of ketones is 2. The number of carbonyl (C=O) groups is 3. The van der Waals surface area contributed by atoms with Crippen LogP contribution in [0.1, 0.15) is 72.3 Å². The van der Waals surface area contributed by atoms with Crippen LogP contribution in [-0.4, -0.2) is 77.0 Å². The molecule has 4 atom stereocenters. The molecule has 8 N–H and O–H groups in total. The van der Waals surface area contributed by atoms with Crippen LogP contribution >= 0.6 is 9.47 Å². The van der Waals surface area contributed by atoms with E-state index >= 15 is 0 Å². The number of ether oxygens (including phenoxy) is 1. The summed E-state index contributed by atoms with van der Waals surface area (Å²) in [7, 11) is 1.42. The highest BCUT2D eigenvalue weighted by Crippen LogP contribution is 2.51. The zero-order valence-corrected chi connectivity index (χ0v) is 19.4. The maximum absolute atomic E-state index is 13.4. The van der Waals surface area contributed by atoms with Gasteiger partial charge in [0, 0.05) is 24.0 Å². The van der Waals surface area contributed by atoms with Crippen LogP contribution < -0.4 is 0 Å². The fraction of sp³-hybridized carbons (Fsp3) is 0.318. The molecule has 1 aliphatic carbocycles. The van der Waals surface area contributed by atoms with E-state index in [2.05, 4.69) is 0 Å². The third-order valence-electron chi connectivity index (χ3n) is 6.06. The second-order valence-electron chi connectivity index (χ2n) is 8.05. The molecule has 1 fully saturated rings. The van der Waals surface area contributed by atoms with Crippen molar-refractivity contribution in [2.24, 2.45) is 0 Å². The number of carbonyl (C=O) groups excluding carboxylic acids is 2. The summed E-state index contributed by atoms with van der Waals surface area (Å²) in [5.41, 5.74) is -3.46. The first-order chi connectivity index (χ1) is 16.5. The van der Waals surface area contributed by atoms with Crippen LogP contribution in [0.2, 0.25) is 0 Å². The van der Waals surface area contributed by atoms with Gasteiger partial charge in [-0.3, -0.25) is 9.59 Å². The lowest BCUT2D eigenvalue weighted by Gasteiger charge is -2.34. The fourth-order valence-corrected chi connectivity index (χ4v) is 4.57. The molecule has 1 saturated heterocycles. The average Bonchev–Trinajstić information content (AvgIpc) is 2.80. The molecule has 1 aliphatic heterocycles. The second kappa shape index (κ2) is 9.76. The van der Waals surface area contributed by atoms with Crippen molar-refractivity contribution >= 4 is 27.0 Å². The van der Waals surface area contributed by atoms with Crippen LogP contribution in [0.25, 0.3) is 0 Å². The third kappa shape index (κ3) is 4.09. The first kappa shape index (κ1) is 26.3. The van der Waals surface area contributed by atoms with Gasteiger partial charge < -0.3 is 45.4 Å². The summed E-state index contributed by atoms with van der Waals surface area (Å²) in [6.07, 6.45) is -3.14. The van der Waals surface area contributed by atoms with Crippen LogP contribution in [0.5, 0.6) is 23.0 Å². The van der Waals surface area contributed by atoms with E-state index < -0.39 is 93.3 Å². The van der Waals surface area contributed by atoms with E-state index in [1.165, 1.54) is 16.4 Å². The fourth-order valence-electron chi connectivity index (χ4n) is 4.57. The molecule has 2 unspecified atom stereocenters. The number of aliphatic hydroxyl groups excluding tert-OH is 2. The highest BCUT2D eigenvalue weighted by atomic mass is 31.0. The maximum atomic E-state index is 13.4. The minimum Gasteiger partial charge on any atom is -0.507 e. The smallest absolute Gasteiger partial charge is 0.339 e. The Hall–Kier alpha value is -3.28. The molecular weight excluding hydrogens is 487 g/mol. The molecule has 0 saturated carbocycles. The summed E-state index contributed by atoms with van der Waals surface area (Å²) in [6.45, 7) is 0.736. The van der Waals surface area contributed by atoms with Gasteiger partial charge in [-0.15, -0.1) is 0 Å². The average molecular weight is 510 g/mol. The topological polar surface area (TPSA) is 222 Å². The summed E-state index contributed by atoms with van der Waals surface area (Å²) in [5, 5.41) is 71.1. The van der Waals surface area contributed by atoms with E-state index in [1.54, 1.807) is 0 Å². The minimum atomic E-state index is -1.54. The molecule has 0 bridgehead atoms. The number of aromatic carboxylic acids is 1. The number of rotatable bonds is 3. The number of phenols is 4. The van der Waals surface area contributed by atoms with Gasteiger partial charge in [-0.2, -0.15) is 0 Å². The lowest BCUT2D eigenvalue weighted by molar-refractivity contribution is -0.114. The lowest BCUT2D eigenvalue weighted by atomic mass is 9.78. The molecule has 0 radical (unpaired) electrons. The minimum absolute atomic E-state index is 0.0802. The monoisotopic (exact) mass is 510 g/mol. The molecule has 0 aromatic heterocycles. The Labute approximate surface area is 200 Å². The molecule has 2 aliphatic rings. The summed E-state index contributed by atoms with van der Waals surface area (Å²) in [5.74, 6) is -7.21. The van der Waals surface area contributed by atoms with Crippen molar-refractivity contribution < 1.29 is 59.8 Å². The van der Waals surface area contributed by atoms with Gasteiger partial charge in [0.2, 0.25) is 0 Å². The number of aliphatic hydroxyl groups is 2. The quantitative estimate of drug-likeness (QED) is 0.138. The number of benzene rings is 2. The van der Waals surface area contributed by atoms with Gasteiger partial charge in [-0.05, 0) is 28.0 Å². The largest absolute Gasteiger partial charge is 0.507 e. The van der Waals surface area contributed by atoms with E-state index in [0.717, 1.165) is 6.07 Å². The summed E-state index contributed by atoms with van der Waals surface area (Å²) < 4.78 is 5.57. The van der Waals surface area contributed by atoms with E-state index in [1.807, 2.05) is 0 Å². The van der Waals surface area contributed by atoms with Crippen LogP contribution in [-0.2, 0) is 4.74 Å². The Balaban J connectivity index is 0.00000167. The van der Waals surface area contributed by atoms with Gasteiger partial charge in [0.1, 0.15) is 17.1 Å². The van der Waals surface area contributed by atoms with Crippen LogP contribution in [0.4, 0.5) is 0 Å². The number of carboxylic acids is 1. The van der Waals surface area contributed by atoms with Crippen molar-refractivity contribution in [2.75, 3.05) is 6.61 Å². The summed E-state index contributed by atoms with van der Waals surface area (Å²) in [4.78, 5) is 44.9. The summed E-state index contributed by atoms with van der Waals surface area (Å²) in [6, 6.07) is 0.781. The first-order valence-electron chi connectivity index (χ1n) is 10.2. The van der Waals surface area contributed by atoms with Crippen LogP contribution in [0.15, 0.2) is 6.07 Å². The Morgan fingerprint density at radius 2 is 1.60 bits per heavy atom. The number of fused-ring (bicyclic) bond motifs is 2. The summed E-state index contributed by atoms with van der Waals surface area (Å²) >= 11 is 0. The molecular formula is C22H23O12P. The van der Waals surface area contributed by atoms with Crippen molar-refractivity contribution in [3.05, 3.63) is 45.0 Å². The van der Waals surface area contributed by atoms with Gasteiger partial charge >= 0.3 is 5.97 Å². The number of phenolic OH excluding ortho intramolecular Hbond substituents is 3. The normalized spacial score (nSPS) is 21.0. The van der Waals surface area contributed by atoms with Gasteiger partial charge in [-0.1, -0.05) is 0 Å². The molecule has 0 amide bonds. The Bertz CT molecular complexity index is 1240. The van der Waals surface area contributed by atoms with Gasteiger partial charge in [0.25, 0.3) is 0 Å². The van der Waals surface area contributed by atoms with Crippen molar-refractivity contribution in [2.45, 2.75) is 38.1 Å². The first-order valence-corrected chi connectivity index (χ1v) is 10.7. The highest BCUT2D eigenvalue weighted by Gasteiger charge is 2.43. The van der Waals surface area contributed by atoms with Crippen molar-refractivity contribution in [3.63, 3.8) is 0 Å². The molecule has 4 rings (SSSR count). The van der Waals surface area contributed by atoms with Crippen molar-refractivity contribution in [1.29, 1.82) is 0 Å². The van der Waals surface area contributed by atoms with Crippen molar-refractivity contribution in [3.8, 4) is 23.0 Å². The molecule has 1 heterocycles. The SMILES string of the molecule is Cc1c(C(=O)O)c(O)cc2c1C(=O)c1c(O)c(C3C[C@@H](O)C[C@@H](CO)O3)c(O)c(O)c1C2=O.OP. The predicted octanol–water partition coefficient (Wildman–Crippen LogP) is 0.633. The van der Waals surface area contributed by atoms with E-state index in [-0.39, 0.29) is 24.0 Å². The number of hydrogen-bond donors (Lipinski definition) is 8. The predicted molar refractivity (Wildman–Crippen MR) is 120 cm³/mol. The van der Waals surface area contributed by atoms with Gasteiger partial charge in [0.05, 0.1) is 41.6 Å².